The van der Waals surface area contributed by atoms with Crippen LogP contribution in [0.3, 0.4) is 0 Å². The van der Waals surface area contributed by atoms with Gasteiger partial charge in [-0.05, 0) is 24.8 Å². The minimum atomic E-state index is -0.426. The number of urea groups is 1. The van der Waals surface area contributed by atoms with Gasteiger partial charge >= 0.3 is 6.03 Å². The molecule has 0 bridgehead atoms. The van der Waals surface area contributed by atoms with Gasteiger partial charge in [0.1, 0.15) is 11.9 Å². The molecule has 3 rings (SSSR count). The highest BCUT2D eigenvalue weighted by molar-refractivity contribution is 6.04. The van der Waals surface area contributed by atoms with Gasteiger partial charge in [-0.25, -0.2) is 9.18 Å². The van der Waals surface area contributed by atoms with Crippen LogP contribution in [0.5, 0.6) is 0 Å². The van der Waals surface area contributed by atoms with E-state index in [2.05, 4.69) is 5.32 Å². The molecule has 0 radical (unpaired) electrons. The van der Waals surface area contributed by atoms with Crippen LogP contribution in [0.25, 0.3) is 0 Å². The number of nitrogens with zero attached hydrogens (tertiary/aromatic N) is 1. The Hall–Kier alpha value is -1.91. The lowest BCUT2D eigenvalue weighted by Crippen LogP contribution is -2.38. The molecule has 1 heterocycles. The topological polar surface area (TPSA) is 49.4 Å². The average molecular weight is 290 g/mol. The highest BCUT2D eigenvalue weighted by Gasteiger charge is 2.42. The summed E-state index contributed by atoms with van der Waals surface area (Å²) in [6, 6.07) is 5.41. The van der Waals surface area contributed by atoms with E-state index in [9.17, 15) is 14.0 Å². The first-order chi connectivity index (χ1) is 10.2. The Morgan fingerprint density at radius 2 is 1.86 bits per heavy atom. The fourth-order valence-electron chi connectivity index (χ4n) is 3.27. The third kappa shape index (κ3) is 2.77. The molecule has 1 aromatic rings. The van der Waals surface area contributed by atoms with Crippen LogP contribution in [-0.2, 0) is 11.3 Å². The van der Waals surface area contributed by atoms with Crippen molar-refractivity contribution >= 4 is 11.9 Å². The Morgan fingerprint density at radius 1 is 1.14 bits per heavy atom. The first-order valence-corrected chi connectivity index (χ1v) is 7.52. The van der Waals surface area contributed by atoms with Crippen LogP contribution < -0.4 is 5.32 Å². The second kappa shape index (κ2) is 5.84. The molecular weight excluding hydrogens is 271 g/mol. The number of hydrogen-bond donors (Lipinski definition) is 1. The molecule has 0 aromatic heterocycles. The van der Waals surface area contributed by atoms with E-state index in [0.717, 1.165) is 30.6 Å². The van der Waals surface area contributed by atoms with E-state index in [-0.39, 0.29) is 24.2 Å². The molecule has 112 valence electrons. The molecule has 1 aliphatic heterocycles. The van der Waals surface area contributed by atoms with E-state index in [1.54, 1.807) is 18.2 Å². The standard InChI is InChI=1S/C16H19FN2O2/c17-13-9-5-4-8-12(13)10-19-15(20)14(18-16(19)21)11-6-2-1-3-7-11/h4-5,8-9,11,14H,1-3,6-7,10H2,(H,18,21)/t14-/m0/s1. The van der Waals surface area contributed by atoms with Gasteiger partial charge in [0.05, 0.1) is 6.54 Å². The van der Waals surface area contributed by atoms with E-state index in [4.69, 9.17) is 0 Å². The fourth-order valence-corrected chi connectivity index (χ4v) is 3.27. The molecule has 2 fully saturated rings. The maximum atomic E-state index is 13.7. The number of carbonyl (C=O) groups excluding carboxylic acids is 2. The minimum Gasteiger partial charge on any atom is -0.326 e. The molecule has 1 aromatic carbocycles. The molecule has 3 amide bonds. The summed E-state index contributed by atoms with van der Waals surface area (Å²) in [5.41, 5.74) is 0.366. The summed E-state index contributed by atoms with van der Waals surface area (Å²) in [5.74, 6) is -0.379. The molecule has 1 atom stereocenters. The minimum absolute atomic E-state index is 0.000556. The fraction of sp³-hybridized carbons (Fsp3) is 0.500. The van der Waals surface area contributed by atoms with E-state index >= 15 is 0 Å². The van der Waals surface area contributed by atoms with E-state index < -0.39 is 12.1 Å². The first-order valence-electron chi connectivity index (χ1n) is 7.52. The molecule has 0 spiro atoms. The molecule has 5 heteroatoms. The highest BCUT2D eigenvalue weighted by Crippen LogP contribution is 2.29. The van der Waals surface area contributed by atoms with Crippen molar-refractivity contribution in [1.29, 1.82) is 0 Å². The summed E-state index contributed by atoms with van der Waals surface area (Å²) >= 11 is 0. The Kier molecular flexibility index (Phi) is 3.90. The van der Waals surface area contributed by atoms with Crippen molar-refractivity contribution < 1.29 is 14.0 Å². The van der Waals surface area contributed by atoms with Crippen LogP contribution in [-0.4, -0.2) is 22.9 Å². The molecule has 1 N–H and O–H groups in total. The molecule has 21 heavy (non-hydrogen) atoms. The summed E-state index contributed by atoms with van der Waals surface area (Å²) in [5, 5.41) is 2.78. The van der Waals surface area contributed by atoms with Gasteiger partial charge in [-0.3, -0.25) is 9.69 Å². The van der Waals surface area contributed by atoms with E-state index in [1.807, 2.05) is 0 Å². The van der Waals surface area contributed by atoms with Crippen molar-refractivity contribution in [1.82, 2.24) is 10.2 Å². The van der Waals surface area contributed by atoms with E-state index in [0.29, 0.717) is 5.56 Å². The summed E-state index contributed by atoms with van der Waals surface area (Å²) in [7, 11) is 0. The Labute approximate surface area is 123 Å². The van der Waals surface area contributed by atoms with Crippen molar-refractivity contribution in [2.45, 2.75) is 44.7 Å². The third-order valence-electron chi connectivity index (χ3n) is 4.46. The normalized spacial score (nSPS) is 23.5. The zero-order valence-corrected chi connectivity index (χ0v) is 11.8. The Balaban J connectivity index is 1.73. The van der Waals surface area contributed by atoms with Crippen molar-refractivity contribution in [3.63, 3.8) is 0 Å². The number of carbonyl (C=O) groups is 2. The summed E-state index contributed by atoms with van der Waals surface area (Å²) in [4.78, 5) is 25.6. The number of amides is 3. The summed E-state index contributed by atoms with van der Waals surface area (Å²) < 4.78 is 13.7. The summed E-state index contributed by atoms with van der Waals surface area (Å²) in [6.07, 6.45) is 5.37. The molecule has 0 unspecified atom stereocenters. The number of halogens is 1. The monoisotopic (exact) mass is 290 g/mol. The smallest absolute Gasteiger partial charge is 0.325 e. The second-order valence-electron chi connectivity index (χ2n) is 5.84. The predicted octanol–water partition coefficient (Wildman–Crippen LogP) is 2.83. The van der Waals surface area contributed by atoms with Gasteiger partial charge < -0.3 is 5.32 Å². The van der Waals surface area contributed by atoms with Crippen LogP contribution >= 0.6 is 0 Å². The lowest BCUT2D eigenvalue weighted by Gasteiger charge is -2.25. The van der Waals surface area contributed by atoms with Gasteiger partial charge in [-0.1, -0.05) is 37.5 Å². The Morgan fingerprint density at radius 3 is 2.57 bits per heavy atom. The molecule has 1 saturated heterocycles. The molecule has 1 saturated carbocycles. The van der Waals surface area contributed by atoms with Crippen LogP contribution in [0, 0.1) is 11.7 Å². The SMILES string of the molecule is O=C1N[C@@H](C2CCCCC2)C(=O)N1Cc1ccccc1F. The van der Waals surface area contributed by atoms with Crippen LogP contribution in [0.2, 0.25) is 0 Å². The molecule has 2 aliphatic rings. The van der Waals surface area contributed by atoms with Gasteiger partial charge in [-0.15, -0.1) is 0 Å². The average Bonchev–Trinajstić information content (AvgIpc) is 2.78. The van der Waals surface area contributed by atoms with Crippen molar-refractivity contribution in [2.24, 2.45) is 5.92 Å². The predicted molar refractivity (Wildman–Crippen MR) is 75.8 cm³/mol. The Bertz CT molecular complexity index is 555. The maximum Gasteiger partial charge on any atom is 0.325 e. The number of nitrogens with one attached hydrogen (secondary N) is 1. The summed E-state index contributed by atoms with van der Waals surface area (Å²) in [6.45, 7) is 0.000556. The van der Waals surface area contributed by atoms with Crippen LogP contribution in [0.1, 0.15) is 37.7 Å². The van der Waals surface area contributed by atoms with Crippen LogP contribution in [0.15, 0.2) is 24.3 Å². The number of benzene rings is 1. The molecule has 1 aliphatic carbocycles. The lowest BCUT2D eigenvalue weighted by atomic mass is 9.84. The van der Waals surface area contributed by atoms with Gasteiger partial charge in [0.15, 0.2) is 0 Å². The molecule has 4 nitrogen and oxygen atoms in total. The first kappa shape index (κ1) is 14.0. The molecular formula is C16H19FN2O2. The van der Waals surface area contributed by atoms with Crippen molar-refractivity contribution in [3.8, 4) is 0 Å². The van der Waals surface area contributed by atoms with Gasteiger partial charge in [0.2, 0.25) is 0 Å². The number of imide groups is 1. The number of rotatable bonds is 3. The van der Waals surface area contributed by atoms with Gasteiger partial charge in [-0.2, -0.15) is 0 Å². The highest BCUT2D eigenvalue weighted by atomic mass is 19.1. The quantitative estimate of drug-likeness (QED) is 0.870. The zero-order chi connectivity index (χ0) is 14.8. The van der Waals surface area contributed by atoms with Crippen LogP contribution in [0.4, 0.5) is 9.18 Å². The lowest BCUT2D eigenvalue weighted by molar-refractivity contribution is -0.129. The van der Waals surface area contributed by atoms with Gasteiger partial charge in [0, 0.05) is 5.56 Å². The zero-order valence-electron chi connectivity index (χ0n) is 11.8. The van der Waals surface area contributed by atoms with Crippen molar-refractivity contribution in [3.05, 3.63) is 35.6 Å². The second-order valence-corrected chi connectivity index (χ2v) is 5.84. The van der Waals surface area contributed by atoms with Crippen molar-refractivity contribution in [2.75, 3.05) is 0 Å². The van der Waals surface area contributed by atoms with E-state index in [1.165, 1.54) is 12.5 Å². The van der Waals surface area contributed by atoms with Gasteiger partial charge in [0.25, 0.3) is 5.91 Å². The number of hydrogen-bond acceptors (Lipinski definition) is 2. The maximum absolute atomic E-state index is 13.7. The third-order valence-corrected chi connectivity index (χ3v) is 4.46. The largest absolute Gasteiger partial charge is 0.326 e.